The molecule has 0 radical (unpaired) electrons. The maximum Gasteiger partial charge on any atom is 0.257 e. The number of rotatable bonds is 6. The number of amides is 1. The first-order valence-corrected chi connectivity index (χ1v) is 11.0. The first-order valence-electron chi connectivity index (χ1n) is 11.0. The van der Waals surface area contributed by atoms with Crippen molar-refractivity contribution in [1.29, 1.82) is 0 Å². The zero-order chi connectivity index (χ0) is 21.8. The van der Waals surface area contributed by atoms with Crippen LogP contribution in [0.3, 0.4) is 0 Å². The summed E-state index contributed by atoms with van der Waals surface area (Å²) in [6.45, 7) is 4.61. The van der Waals surface area contributed by atoms with Crippen molar-refractivity contribution < 1.29 is 14.3 Å². The van der Waals surface area contributed by atoms with Gasteiger partial charge in [-0.25, -0.2) is 5.01 Å². The number of nitrogens with zero attached hydrogens (tertiary/aromatic N) is 3. The number of hydrazone groups is 1. The lowest BCUT2D eigenvalue weighted by molar-refractivity contribution is -0.134. The fourth-order valence-electron chi connectivity index (χ4n) is 4.39. The minimum absolute atomic E-state index is 0.0309. The largest absolute Gasteiger partial charge is 0.497 e. The summed E-state index contributed by atoms with van der Waals surface area (Å²) in [7, 11) is 3.32. The van der Waals surface area contributed by atoms with E-state index in [0.29, 0.717) is 13.0 Å². The number of benzene rings is 2. The van der Waals surface area contributed by atoms with Crippen LogP contribution in [0.25, 0.3) is 0 Å². The summed E-state index contributed by atoms with van der Waals surface area (Å²) < 4.78 is 11.0. The van der Waals surface area contributed by atoms with E-state index in [0.717, 1.165) is 60.2 Å². The minimum Gasteiger partial charge on any atom is -0.497 e. The molecular formula is C25H31N3O3. The van der Waals surface area contributed by atoms with Crippen molar-refractivity contribution in [2.24, 2.45) is 11.0 Å². The van der Waals surface area contributed by atoms with Crippen LogP contribution in [0.5, 0.6) is 11.5 Å². The highest BCUT2D eigenvalue weighted by Gasteiger charge is 2.35. The van der Waals surface area contributed by atoms with Gasteiger partial charge in [0.2, 0.25) is 0 Å². The van der Waals surface area contributed by atoms with Gasteiger partial charge in [-0.15, -0.1) is 0 Å². The molecule has 164 valence electrons. The van der Waals surface area contributed by atoms with Crippen molar-refractivity contribution in [3.05, 3.63) is 59.7 Å². The van der Waals surface area contributed by atoms with Crippen molar-refractivity contribution in [1.82, 2.24) is 9.91 Å². The fraction of sp³-hybridized carbons (Fsp3) is 0.440. The molecule has 6 nitrogen and oxygen atoms in total. The van der Waals surface area contributed by atoms with Crippen LogP contribution in [0.4, 0.5) is 0 Å². The molecule has 0 saturated carbocycles. The number of carbonyl (C=O) groups excluding carboxylic acids is 1. The van der Waals surface area contributed by atoms with Gasteiger partial charge in [-0.3, -0.25) is 9.69 Å². The van der Waals surface area contributed by atoms with E-state index in [1.165, 1.54) is 0 Å². The summed E-state index contributed by atoms with van der Waals surface area (Å²) in [6, 6.07) is 15.6. The average Bonchev–Trinajstić information content (AvgIpc) is 3.26. The molecule has 1 saturated heterocycles. The Bertz CT molecular complexity index is 951. The van der Waals surface area contributed by atoms with Crippen molar-refractivity contribution in [3.8, 4) is 11.5 Å². The van der Waals surface area contributed by atoms with E-state index in [1.807, 2.05) is 48.5 Å². The Hall–Kier alpha value is -2.86. The summed E-state index contributed by atoms with van der Waals surface area (Å²) in [5.41, 5.74) is 2.84. The Kier molecular flexibility index (Phi) is 6.56. The van der Waals surface area contributed by atoms with Gasteiger partial charge in [0.25, 0.3) is 5.91 Å². The zero-order valence-corrected chi connectivity index (χ0v) is 18.6. The second-order valence-electron chi connectivity index (χ2n) is 8.44. The van der Waals surface area contributed by atoms with E-state index in [9.17, 15) is 4.79 Å². The number of hydrogen-bond donors (Lipinski definition) is 0. The van der Waals surface area contributed by atoms with Gasteiger partial charge in [-0.05, 0) is 50.0 Å². The van der Waals surface area contributed by atoms with Crippen LogP contribution in [0.15, 0.2) is 53.6 Å². The van der Waals surface area contributed by atoms with Crippen LogP contribution in [0.1, 0.15) is 43.4 Å². The molecular weight excluding hydrogens is 390 g/mol. The van der Waals surface area contributed by atoms with Gasteiger partial charge in [0.1, 0.15) is 11.5 Å². The van der Waals surface area contributed by atoms with Crippen molar-refractivity contribution in [3.63, 3.8) is 0 Å². The SMILES string of the molecule is COc1cccc(C2=NN(C(=O)CN3CCC(C)CC3)[C@@H](c3ccccc3OC)C2)c1. The van der Waals surface area contributed by atoms with Crippen molar-refractivity contribution in [2.45, 2.75) is 32.2 Å². The van der Waals surface area contributed by atoms with Crippen molar-refractivity contribution >= 4 is 11.6 Å². The molecule has 1 atom stereocenters. The number of methoxy groups -OCH3 is 2. The quantitative estimate of drug-likeness (QED) is 0.704. The minimum atomic E-state index is -0.187. The number of carbonyl (C=O) groups is 1. The maximum absolute atomic E-state index is 13.4. The molecule has 31 heavy (non-hydrogen) atoms. The second-order valence-corrected chi connectivity index (χ2v) is 8.44. The molecule has 0 aromatic heterocycles. The molecule has 2 heterocycles. The number of para-hydroxylation sites is 1. The summed E-state index contributed by atoms with van der Waals surface area (Å²) >= 11 is 0. The van der Waals surface area contributed by atoms with Gasteiger partial charge < -0.3 is 9.47 Å². The van der Waals surface area contributed by atoms with Crippen LogP contribution < -0.4 is 9.47 Å². The van der Waals surface area contributed by atoms with E-state index < -0.39 is 0 Å². The van der Waals surface area contributed by atoms with Gasteiger partial charge in [-0.2, -0.15) is 5.10 Å². The summed E-state index contributed by atoms with van der Waals surface area (Å²) in [5, 5.41) is 6.48. The van der Waals surface area contributed by atoms with E-state index in [4.69, 9.17) is 14.6 Å². The lowest BCUT2D eigenvalue weighted by Gasteiger charge is -2.31. The molecule has 4 rings (SSSR count). The van der Waals surface area contributed by atoms with Gasteiger partial charge in [0.15, 0.2) is 0 Å². The first-order chi connectivity index (χ1) is 15.1. The monoisotopic (exact) mass is 421 g/mol. The number of hydrogen-bond acceptors (Lipinski definition) is 5. The lowest BCUT2D eigenvalue weighted by atomic mass is 9.97. The normalized spacial score (nSPS) is 19.9. The topological polar surface area (TPSA) is 54.4 Å². The predicted octanol–water partition coefficient (Wildman–Crippen LogP) is 4.11. The number of ether oxygens (including phenoxy) is 2. The number of likely N-dealkylation sites (tertiary alicyclic amines) is 1. The van der Waals surface area contributed by atoms with Gasteiger partial charge >= 0.3 is 0 Å². The second kappa shape index (κ2) is 9.52. The maximum atomic E-state index is 13.4. The third-order valence-corrected chi connectivity index (χ3v) is 6.30. The molecule has 6 heteroatoms. The highest BCUT2D eigenvalue weighted by molar-refractivity contribution is 6.03. The summed E-state index contributed by atoms with van der Waals surface area (Å²) in [5.74, 6) is 2.32. The van der Waals surface area contributed by atoms with E-state index >= 15 is 0 Å². The average molecular weight is 422 g/mol. The molecule has 2 aliphatic rings. The van der Waals surface area contributed by atoms with Crippen LogP contribution in [0, 0.1) is 5.92 Å². The predicted molar refractivity (Wildman–Crippen MR) is 122 cm³/mol. The Morgan fingerprint density at radius 2 is 1.84 bits per heavy atom. The summed E-state index contributed by atoms with van der Waals surface area (Å²) in [4.78, 5) is 15.6. The van der Waals surface area contributed by atoms with E-state index in [-0.39, 0.29) is 11.9 Å². The molecule has 1 fully saturated rings. The molecule has 2 aromatic carbocycles. The van der Waals surface area contributed by atoms with Gasteiger partial charge in [0, 0.05) is 17.5 Å². The zero-order valence-electron chi connectivity index (χ0n) is 18.6. The third kappa shape index (κ3) is 4.74. The third-order valence-electron chi connectivity index (χ3n) is 6.30. The molecule has 1 amide bonds. The van der Waals surface area contributed by atoms with Crippen LogP contribution in [-0.2, 0) is 4.79 Å². The standard InChI is InChI=1S/C25H31N3O3/c1-18-11-13-27(14-12-18)17-25(29)28-23(21-9-4-5-10-24(21)31-3)16-22(26-28)19-7-6-8-20(15-19)30-2/h4-10,15,18,23H,11-14,16-17H2,1-3H3/t23-/m1/s1. The Morgan fingerprint density at radius 3 is 2.58 bits per heavy atom. The summed E-state index contributed by atoms with van der Waals surface area (Å²) in [6.07, 6.45) is 2.92. The first kappa shape index (κ1) is 21.4. The number of piperidine rings is 1. The van der Waals surface area contributed by atoms with Crippen molar-refractivity contribution in [2.75, 3.05) is 33.9 Å². The Balaban J connectivity index is 1.62. The van der Waals surface area contributed by atoms with Crippen LogP contribution in [0.2, 0.25) is 0 Å². The van der Waals surface area contributed by atoms with Gasteiger partial charge in [-0.1, -0.05) is 37.3 Å². The smallest absolute Gasteiger partial charge is 0.257 e. The van der Waals surface area contributed by atoms with Gasteiger partial charge in [0.05, 0.1) is 32.5 Å². The van der Waals surface area contributed by atoms with Crippen LogP contribution in [-0.4, -0.2) is 55.4 Å². The lowest BCUT2D eigenvalue weighted by Crippen LogP contribution is -2.41. The molecule has 2 aromatic rings. The molecule has 0 bridgehead atoms. The Labute approximate surface area is 184 Å². The highest BCUT2D eigenvalue weighted by Crippen LogP contribution is 2.37. The Morgan fingerprint density at radius 1 is 1.06 bits per heavy atom. The molecule has 0 spiro atoms. The van der Waals surface area contributed by atoms with E-state index in [1.54, 1.807) is 19.2 Å². The highest BCUT2D eigenvalue weighted by atomic mass is 16.5. The molecule has 0 N–H and O–H groups in total. The molecule has 0 aliphatic carbocycles. The van der Waals surface area contributed by atoms with Crippen LogP contribution >= 0.6 is 0 Å². The molecule has 2 aliphatic heterocycles. The molecule has 0 unspecified atom stereocenters. The van der Waals surface area contributed by atoms with E-state index in [2.05, 4.69) is 11.8 Å². The fourth-order valence-corrected chi connectivity index (χ4v) is 4.39.